The number of nitrogens with two attached hydrogens (primary N) is 1. The van der Waals surface area contributed by atoms with Gasteiger partial charge in [-0.2, -0.15) is 0 Å². The fraction of sp³-hybridized carbons (Fsp3) is 0.385. The van der Waals surface area contributed by atoms with Crippen molar-refractivity contribution in [2.24, 2.45) is 11.7 Å². The van der Waals surface area contributed by atoms with E-state index in [1.165, 1.54) is 6.92 Å². The first-order valence-corrected chi connectivity index (χ1v) is 5.92. The Balaban J connectivity index is 0. The predicted octanol–water partition coefficient (Wildman–Crippen LogP) is -0.446. The molecule has 0 bridgehead atoms. The van der Waals surface area contributed by atoms with Gasteiger partial charge in [-0.15, -0.1) is 0 Å². The molecular formula is C13H20N2O6. The summed E-state index contributed by atoms with van der Waals surface area (Å²) in [6.45, 7) is 7.98. The third-order valence-corrected chi connectivity index (χ3v) is 2.09. The van der Waals surface area contributed by atoms with Crippen LogP contribution in [-0.2, 0) is 19.2 Å². The first kappa shape index (κ1) is 20.8. The Morgan fingerprint density at radius 3 is 2.05 bits per heavy atom. The summed E-state index contributed by atoms with van der Waals surface area (Å²) in [5, 5.41) is 18.9. The second kappa shape index (κ2) is 11.4. The molecule has 1 atom stereocenters. The number of hydrogen-bond acceptors (Lipinski definition) is 5. The number of ketones is 1. The van der Waals surface area contributed by atoms with Crippen LogP contribution in [0.4, 0.5) is 0 Å². The Morgan fingerprint density at radius 2 is 1.81 bits per heavy atom. The smallest absolute Gasteiger partial charge is 0.315 e. The molecule has 1 unspecified atom stereocenters. The molecule has 0 aromatic carbocycles. The highest BCUT2D eigenvalue weighted by atomic mass is 16.4. The maximum Gasteiger partial charge on any atom is 0.315 e. The summed E-state index contributed by atoms with van der Waals surface area (Å²) in [5.74, 6) is -4.10. The molecule has 21 heavy (non-hydrogen) atoms. The van der Waals surface area contributed by atoms with Crippen LogP contribution in [0.15, 0.2) is 24.8 Å². The zero-order chi connectivity index (χ0) is 17.0. The van der Waals surface area contributed by atoms with Crippen molar-refractivity contribution in [1.82, 2.24) is 5.32 Å². The molecule has 0 fully saturated rings. The third kappa shape index (κ3) is 11.1. The Kier molecular flexibility index (Phi) is 11.3. The number of Topliss-reactive ketones (excluding diaryl/α,β-unsaturated/α-hetero) is 1. The van der Waals surface area contributed by atoms with E-state index in [1.54, 1.807) is 0 Å². The van der Waals surface area contributed by atoms with Gasteiger partial charge in [0, 0.05) is 13.1 Å². The van der Waals surface area contributed by atoms with Gasteiger partial charge in [-0.1, -0.05) is 13.2 Å². The number of carboxylic acid groups (broad SMARTS) is 2. The van der Waals surface area contributed by atoms with Crippen molar-refractivity contribution >= 4 is 23.6 Å². The van der Waals surface area contributed by atoms with Crippen LogP contribution < -0.4 is 11.1 Å². The molecule has 0 radical (unpaired) electrons. The van der Waals surface area contributed by atoms with Crippen LogP contribution in [0.1, 0.15) is 13.3 Å². The average molecular weight is 300 g/mol. The fourth-order valence-electron chi connectivity index (χ4n) is 0.982. The molecule has 118 valence electrons. The van der Waals surface area contributed by atoms with Gasteiger partial charge >= 0.3 is 11.9 Å². The van der Waals surface area contributed by atoms with E-state index in [9.17, 15) is 19.2 Å². The monoisotopic (exact) mass is 300 g/mol. The van der Waals surface area contributed by atoms with Crippen LogP contribution in [0.3, 0.4) is 0 Å². The molecule has 0 heterocycles. The Bertz CT molecular complexity index is 430. The lowest BCUT2D eigenvalue weighted by molar-refractivity contribution is -0.145. The maximum absolute atomic E-state index is 11.0. The molecular weight excluding hydrogens is 280 g/mol. The van der Waals surface area contributed by atoms with Crippen molar-refractivity contribution in [2.75, 3.05) is 13.1 Å². The summed E-state index contributed by atoms with van der Waals surface area (Å²) in [4.78, 5) is 41.6. The largest absolute Gasteiger partial charge is 0.481 e. The molecule has 0 aliphatic heterocycles. The lowest BCUT2D eigenvalue weighted by Gasteiger charge is -2.06. The molecule has 0 aliphatic rings. The summed E-state index contributed by atoms with van der Waals surface area (Å²) in [7, 11) is 0. The number of allylic oxidation sites excluding steroid dienone is 1. The van der Waals surface area contributed by atoms with Gasteiger partial charge in [0.15, 0.2) is 5.78 Å². The van der Waals surface area contributed by atoms with Crippen LogP contribution >= 0.6 is 0 Å². The van der Waals surface area contributed by atoms with Crippen molar-refractivity contribution < 1.29 is 29.4 Å². The van der Waals surface area contributed by atoms with Gasteiger partial charge in [-0.3, -0.25) is 19.2 Å². The molecule has 0 rings (SSSR count). The minimum Gasteiger partial charge on any atom is -0.481 e. The highest BCUT2D eigenvalue weighted by molar-refractivity contribution is 6.07. The minimum absolute atomic E-state index is 0.0560. The summed E-state index contributed by atoms with van der Waals surface area (Å²) in [5.41, 5.74) is 5.29. The normalized spacial score (nSPS) is 10.4. The molecule has 0 aromatic heterocycles. The SMILES string of the molecule is C=C(C)C(=O)C(CN)C(=O)O.C=CC(=O)NCCC(=O)O. The van der Waals surface area contributed by atoms with E-state index < -0.39 is 23.6 Å². The number of aliphatic carboxylic acids is 2. The summed E-state index contributed by atoms with van der Waals surface area (Å²) < 4.78 is 0. The van der Waals surface area contributed by atoms with E-state index in [4.69, 9.17) is 15.9 Å². The van der Waals surface area contributed by atoms with Gasteiger partial charge in [0.25, 0.3) is 0 Å². The number of carboxylic acids is 2. The van der Waals surface area contributed by atoms with Gasteiger partial charge in [0.05, 0.1) is 6.42 Å². The third-order valence-electron chi connectivity index (χ3n) is 2.09. The Hall–Kier alpha value is -2.48. The van der Waals surface area contributed by atoms with Crippen LogP contribution in [0.5, 0.6) is 0 Å². The minimum atomic E-state index is -1.19. The molecule has 0 aliphatic carbocycles. The standard InChI is InChI=1S/C7H11NO3.C6H9NO3/c1-4(2)6(9)5(3-8)7(10)11;1-2-5(8)7-4-3-6(9)10/h5H,1,3,8H2,2H3,(H,10,11);2H,1,3-4H2,(H,7,8)(H,9,10). The second-order valence-electron chi connectivity index (χ2n) is 3.91. The molecule has 0 spiro atoms. The Labute approximate surface area is 122 Å². The van der Waals surface area contributed by atoms with Crippen LogP contribution in [0.2, 0.25) is 0 Å². The summed E-state index contributed by atoms with van der Waals surface area (Å²) in [6, 6.07) is 0. The lowest BCUT2D eigenvalue weighted by atomic mass is 10.00. The van der Waals surface area contributed by atoms with Crippen LogP contribution in [0.25, 0.3) is 0 Å². The number of carbonyl (C=O) groups excluding carboxylic acids is 2. The number of amides is 1. The lowest BCUT2D eigenvalue weighted by Crippen LogP contribution is -2.31. The van der Waals surface area contributed by atoms with Gasteiger partial charge in [0.2, 0.25) is 5.91 Å². The van der Waals surface area contributed by atoms with E-state index in [0.29, 0.717) is 0 Å². The maximum atomic E-state index is 11.0. The van der Waals surface area contributed by atoms with E-state index in [-0.39, 0.29) is 31.0 Å². The Morgan fingerprint density at radius 1 is 1.29 bits per heavy atom. The quantitative estimate of drug-likeness (QED) is 0.351. The van der Waals surface area contributed by atoms with E-state index in [0.717, 1.165) is 6.08 Å². The van der Waals surface area contributed by atoms with Crippen molar-refractivity contribution in [1.29, 1.82) is 0 Å². The second-order valence-corrected chi connectivity index (χ2v) is 3.91. The van der Waals surface area contributed by atoms with Gasteiger partial charge in [-0.25, -0.2) is 0 Å². The van der Waals surface area contributed by atoms with Crippen molar-refractivity contribution in [3.8, 4) is 0 Å². The molecule has 0 saturated carbocycles. The first-order valence-electron chi connectivity index (χ1n) is 5.92. The topological polar surface area (TPSA) is 147 Å². The molecule has 5 N–H and O–H groups in total. The molecule has 1 amide bonds. The molecule has 8 heteroatoms. The fourth-order valence-corrected chi connectivity index (χ4v) is 0.982. The van der Waals surface area contributed by atoms with Crippen LogP contribution in [0, 0.1) is 5.92 Å². The van der Waals surface area contributed by atoms with E-state index >= 15 is 0 Å². The van der Waals surface area contributed by atoms with Gasteiger partial charge in [0.1, 0.15) is 5.92 Å². The molecule has 8 nitrogen and oxygen atoms in total. The zero-order valence-corrected chi connectivity index (χ0v) is 11.8. The van der Waals surface area contributed by atoms with E-state index in [2.05, 4.69) is 18.5 Å². The highest BCUT2D eigenvalue weighted by Gasteiger charge is 2.24. The number of carbonyl (C=O) groups is 4. The van der Waals surface area contributed by atoms with Crippen LogP contribution in [-0.4, -0.2) is 46.9 Å². The molecule has 0 saturated heterocycles. The van der Waals surface area contributed by atoms with E-state index in [1.807, 2.05) is 0 Å². The zero-order valence-electron chi connectivity index (χ0n) is 11.8. The van der Waals surface area contributed by atoms with Crippen molar-refractivity contribution in [3.05, 3.63) is 24.8 Å². The van der Waals surface area contributed by atoms with Gasteiger partial charge in [-0.05, 0) is 18.6 Å². The van der Waals surface area contributed by atoms with Crippen molar-refractivity contribution in [2.45, 2.75) is 13.3 Å². The predicted molar refractivity (Wildman–Crippen MR) is 75.5 cm³/mol. The molecule has 0 aromatic rings. The first-order chi connectivity index (χ1) is 9.67. The number of nitrogens with one attached hydrogen (secondary N) is 1. The highest BCUT2D eigenvalue weighted by Crippen LogP contribution is 2.03. The number of hydrogen-bond donors (Lipinski definition) is 4. The summed E-state index contributed by atoms with van der Waals surface area (Å²) in [6.07, 6.45) is 1.04. The average Bonchev–Trinajstić information content (AvgIpc) is 2.38. The van der Waals surface area contributed by atoms with Crippen molar-refractivity contribution in [3.63, 3.8) is 0 Å². The number of rotatable bonds is 8. The van der Waals surface area contributed by atoms with Gasteiger partial charge < -0.3 is 21.3 Å². The summed E-state index contributed by atoms with van der Waals surface area (Å²) >= 11 is 0.